The van der Waals surface area contributed by atoms with Gasteiger partial charge in [-0.1, -0.05) is 47.6 Å². The van der Waals surface area contributed by atoms with Crippen LogP contribution in [0.4, 0.5) is 8.78 Å². The third-order valence-corrected chi connectivity index (χ3v) is 5.26. The molecule has 4 aromatic rings. The van der Waals surface area contributed by atoms with E-state index in [9.17, 15) is 13.6 Å². The van der Waals surface area contributed by atoms with E-state index in [2.05, 4.69) is 20.2 Å². The predicted molar refractivity (Wildman–Crippen MR) is 124 cm³/mol. The van der Waals surface area contributed by atoms with E-state index in [-0.39, 0.29) is 24.5 Å². The van der Waals surface area contributed by atoms with E-state index < -0.39 is 12.7 Å². The van der Waals surface area contributed by atoms with Gasteiger partial charge in [0.05, 0.1) is 13.2 Å². The van der Waals surface area contributed by atoms with Crippen molar-refractivity contribution in [3.05, 3.63) is 95.9 Å². The number of benzene rings is 3. The molecule has 35 heavy (non-hydrogen) atoms. The lowest BCUT2D eigenvalue weighted by Crippen LogP contribution is -2.29. The summed E-state index contributed by atoms with van der Waals surface area (Å²) in [6.07, 6.45) is 0.387. The molecular weight excluding hydrogens is 456 g/mol. The number of ether oxygens (including phenoxy) is 2. The molecule has 9 heteroatoms. The van der Waals surface area contributed by atoms with Gasteiger partial charge >= 0.3 is 6.61 Å². The number of nitrogens with one attached hydrogen (secondary N) is 1. The first-order valence-corrected chi connectivity index (χ1v) is 10.9. The highest BCUT2D eigenvalue weighted by molar-refractivity contribution is 5.77. The molecule has 0 aliphatic rings. The number of carbonyl (C=O) groups excluding carboxylic acids is 1. The van der Waals surface area contributed by atoms with Crippen LogP contribution in [0.3, 0.4) is 0 Å². The van der Waals surface area contributed by atoms with Gasteiger partial charge < -0.3 is 19.3 Å². The lowest BCUT2D eigenvalue weighted by molar-refractivity contribution is -0.121. The second kappa shape index (κ2) is 11.2. The van der Waals surface area contributed by atoms with Crippen LogP contribution in [-0.2, 0) is 11.2 Å². The highest BCUT2D eigenvalue weighted by Gasteiger charge is 2.18. The van der Waals surface area contributed by atoms with Crippen molar-refractivity contribution in [1.29, 1.82) is 0 Å². The maximum Gasteiger partial charge on any atom is 0.387 e. The Labute approximate surface area is 200 Å². The summed E-state index contributed by atoms with van der Waals surface area (Å²) in [7, 11) is 1.59. The zero-order valence-electron chi connectivity index (χ0n) is 18.9. The Kier molecular flexibility index (Phi) is 7.67. The molecular formula is C26H23F2N3O4. The lowest BCUT2D eigenvalue weighted by Gasteiger charge is -2.20. The smallest absolute Gasteiger partial charge is 0.387 e. The van der Waals surface area contributed by atoms with Crippen molar-refractivity contribution < 1.29 is 27.6 Å². The average molecular weight is 479 g/mol. The van der Waals surface area contributed by atoms with Crippen LogP contribution >= 0.6 is 0 Å². The Morgan fingerprint density at radius 2 is 1.60 bits per heavy atom. The number of carbonyl (C=O) groups is 1. The molecule has 0 radical (unpaired) electrons. The van der Waals surface area contributed by atoms with Gasteiger partial charge in [0, 0.05) is 18.4 Å². The number of alkyl halides is 2. The minimum Gasteiger partial charge on any atom is -0.497 e. The number of nitrogens with zero attached hydrogens (tertiary/aromatic N) is 2. The number of rotatable bonds is 10. The monoisotopic (exact) mass is 479 g/mol. The normalized spacial score (nSPS) is 11.8. The van der Waals surface area contributed by atoms with Crippen molar-refractivity contribution in [3.63, 3.8) is 0 Å². The standard InChI is InChI=1S/C26H23F2N3O4/c1-33-20-11-9-19(10-12-20)25-30-23(35-31-25)16-15-22(32)29-24(17-5-3-2-4-6-17)18-7-13-21(14-8-18)34-26(27)28/h2-14,24,26H,15-16H2,1H3,(H,29,32). The third-order valence-electron chi connectivity index (χ3n) is 5.26. The SMILES string of the molecule is COc1ccc(-c2noc(CCC(=O)NC(c3ccccc3)c3ccc(OC(F)F)cc3)n2)cc1. The third kappa shape index (κ3) is 6.41. The Morgan fingerprint density at radius 1 is 0.943 bits per heavy atom. The maximum absolute atomic E-state index is 12.8. The molecule has 1 amide bonds. The summed E-state index contributed by atoms with van der Waals surface area (Å²) in [4.78, 5) is 17.2. The predicted octanol–water partition coefficient (Wildman–Crippen LogP) is 5.19. The summed E-state index contributed by atoms with van der Waals surface area (Å²) in [5, 5.41) is 6.98. The van der Waals surface area contributed by atoms with Crippen LogP contribution in [0.1, 0.15) is 29.5 Å². The maximum atomic E-state index is 12.8. The molecule has 1 atom stereocenters. The van der Waals surface area contributed by atoms with Crippen molar-refractivity contribution >= 4 is 5.91 Å². The van der Waals surface area contributed by atoms with Crippen LogP contribution in [0, 0.1) is 0 Å². The van der Waals surface area contributed by atoms with E-state index in [0.717, 1.165) is 22.4 Å². The van der Waals surface area contributed by atoms with Gasteiger partial charge in [0.25, 0.3) is 0 Å². The van der Waals surface area contributed by atoms with Crippen LogP contribution in [0.15, 0.2) is 83.4 Å². The largest absolute Gasteiger partial charge is 0.497 e. The summed E-state index contributed by atoms with van der Waals surface area (Å²) in [5.74, 6) is 1.31. The molecule has 0 spiro atoms. The summed E-state index contributed by atoms with van der Waals surface area (Å²) < 4.78 is 39.8. The van der Waals surface area contributed by atoms with Gasteiger partial charge in [0.2, 0.25) is 17.6 Å². The molecule has 7 nitrogen and oxygen atoms in total. The molecule has 180 valence electrons. The van der Waals surface area contributed by atoms with Crippen LogP contribution in [0.2, 0.25) is 0 Å². The molecule has 1 N–H and O–H groups in total. The number of hydrogen-bond acceptors (Lipinski definition) is 6. The lowest BCUT2D eigenvalue weighted by atomic mass is 9.98. The van der Waals surface area contributed by atoms with E-state index in [4.69, 9.17) is 9.26 Å². The van der Waals surface area contributed by atoms with Crippen LogP contribution in [0.5, 0.6) is 11.5 Å². The zero-order chi connectivity index (χ0) is 24.6. The first-order valence-electron chi connectivity index (χ1n) is 10.9. The molecule has 0 saturated carbocycles. The molecule has 0 saturated heterocycles. The quantitative estimate of drug-likeness (QED) is 0.337. The van der Waals surface area contributed by atoms with Gasteiger partial charge in [-0.15, -0.1) is 0 Å². The summed E-state index contributed by atoms with van der Waals surface area (Å²) >= 11 is 0. The molecule has 3 aromatic carbocycles. The molecule has 0 aliphatic carbocycles. The van der Waals surface area contributed by atoms with E-state index in [1.54, 1.807) is 31.4 Å². The van der Waals surface area contributed by atoms with Gasteiger partial charge in [-0.3, -0.25) is 4.79 Å². The number of aromatic nitrogens is 2. The Bertz CT molecular complexity index is 1230. The first kappa shape index (κ1) is 23.9. The Hall–Kier alpha value is -4.27. The molecule has 0 aliphatic heterocycles. The highest BCUT2D eigenvalue weighted by atomic mass is 19.3. The van der Waals surface area contributed by atoms with E-state index >= 15 is 0 Å². The van der Waals surface area contributed by atoms with Crippen LogP contribution in [-0.4, -0.2) is 29.8 Å². The summed E-state index contributed by atoms with van der Waals surface area (Å²) in [6, 6.07) is 22.3. The highest BCUT2D eigenvalue weighted by Crippen LogP contribution is 2.25. The number of hydrogen-bond donors (Lipinski definition) is 1. The molecule has 1 heterocycles. The minimum absolute atomic E-state index is 0.0472. The van der Waals surface area contributed by atoms with Crippen molar-refractivity contribution in [2.24, 2.45) is 0 Å². The number of halogens is 2. The van der Waals surface area contributed by atoms with Crippen molar-refractivity contribution in [2.45, 2.75) is 25.5 Å². The summed E-state index contributed by atoms with van der Waals surface area (Å²) in [6.45, 7) is -2.90. The first-order chi connectivity index (χ1) is 17.0. The molecule has 0 fully saturated rings. The number of amides is 1. The molecule has 0 bridgehead atoms. The van der Waals surface area contributed by atoms with Crippen LogP contribution < -0.4 is 14.8 Å². The van der Waals surface area contributed by atoms with Crippen LogP contribution in [0.25, 0.3) is 11.4 Å². The van der Waals surface area contributed by atoms with Crippen molar-refractivity contribution in [2.75, 3.05) is 7.11 Å². The molecule has 1 aromatic heterocycles. The van der Waals surface area contributed by atoms with Crippen molar-refractivity contribution in [3.8, 4) is 22.9 Å². The van der Waals surface area contributed by atoms with Crippen molar-refractivity contribution in [1.82, 2.24) is 15.5 Å². The Balaban J connectivity index is 1.41. The van der Waals surface area contributed by atoms with Gasteiger partial charge in [-0.2, -0.15) is 13.8 Å². The van der Waals surface area contributed by atoms with E-state index in [1.807, 2.05) is 42.5 Å². The number of methoxy groups -OCH3 is 1. The average Bonchev–Trinajstić information content (AvgIpc) is 3.36. The van der Waals surface area contributed by atoms with Gasteiger partial charge in [-0.25, -0.2) is 0 Å². The van der Waals surface area contributed by atoms with Gasteiger partial charge in [0.15, 0.2) is 0 Å². The fraction of sp³-hybridized carbons (Fsp3) is 0.192. The second-order valence-corrected chi connectivity index (χ2v) is 7.60. The van der Waals surface area contributed by atoms with Gasteiger partial charge in [-0.05, 0) is 47.5 Å². The molecule has 4 rings (SSSR count). The summed E-state index contributed by atoms with van der Waals surface area (Å²) in [5.41, 5.74) is 2.35. The number of aryl methyl sites for hydroxylation is 1. The Morgan fingerprint density at radius 3 is 2.26 bits per heavy atom. The molecule has 1 unspecified atom stereocenters. The fourth-order valence-corrected chi connectivity index (χ4v) is 3.51. The topological polar surface area (TPSA) is 86.5 Å². The van der Waals surface area contributed by atoms with E-state index in [0.29, 0.717) is 11.7 Å². The fourth-order valence-electron chi connectivity index (χ4n) is 3.51. The second-order valence-electron chi connectivity index (χ2n) is 7.60. The van der Waals surface area contributed by atoms with Gasteiger partial charge in [0.1, 0.15) is 11.5 Å². The minimum atomic E-state index is -2.90. The zero-order valence-corrected chi connectivity index (χ0v) is 18.9. The van der Waals surface area contributed by atoms with E-state index in [1.165, 1.54) is 12.1 Å².